The zero-order valence-corrected chi connectivity index (χ0v) is 8.74. The largest absolute Gasteiger partial charge is 0.465 e. The van der Waals surface area contributed by atoms with Crippen LogP contribution in [0.15, 0.2) is 0 Å². The Morgan fingerprint density at radius 2 is 2.19 bits per heavy atom. The van der Waals surface area contributed by atoms with Gasteiger partial charge in [0.05, 0.1) is 6.04 Å². The van der Waals surface area contributed by atoms with Gasteiger partial charge in [0.1, 0.15) is 5.54 Å². The maximum atomic E-state index is 11.8. The normalized spacial score (nSPS) is 30.6. The summed E-state index contributed by atoms with van der Waals surface area (Å²) in [6.45, 7) is 1.58. The fourth-order valence-electron chi connectivity index (χ4n) is 2.27. The third-order valence-electron chi connectivity index (χ3n) is 3.17. The molecule has 0 aromatic heterocycles. The van der Waals surface area contributed by atoms with Gasteiger partial charge in [-0.25, -0.2) is 9.59 Å². The quantitative estimate of drug-likeness (QED) is 0.493. The lowest BCUT2D eigenvalue weighted by Crippen LogP contribution is -2.62. The minimum atomic E-state index is -1.21. The highest BCUT2D eigenvalue weighted by Crippen LogP contribution is 2.43. The van der Waals surface area contributed by atoms with E-state index < -0.39 is 29.6 Å². The first-order chi connectivity index (χ1) is 7.46. The molecule has 1 aliphatic heterocycles. The Morgan fingerprint density at radius 3 is 2.56 bits per heavy atom. The summed E-state index contributed by atoms with van der Waals surface area (Å²) < 4.78 is 0. The molecule has 1 aliphatic carbocycles. The van der Waals surface area contributed by atoms with Crippen LogP contribution in [0, 0.1) is 5.92 Å². The molecule has 4 N–H and O–H groups in total. The minimum absolute atomic E-state index is 0.0146. The van der Waals surface area contributed by atoms with Crippen molar-refractivity contribution in [3.05, 3.63) is 0 Å². The highest BCUT2D eigenvalue weighted by Gasteiger charge is 2.59. The second kappa shape index (κ2) is 3.36. The smallest absolute Gasteiger partial charge is 0.404 e. The lowest BCUT2D eigenvalue weighted by Gasteiger charge is -2.32. The van der Waals surface area contributed by atoms with E-state index in [-0.39, 0.29) is 5.92 Å². The molecular formula is C9H13N3O4. The predicted octanol–water partition coefficient (Wildman–Crippen LogP) is -0.369. The van der Waals surface area contributed by atoms with Crippen LogP contribution in [0.25, 0.3) is 0 Å². The molecule has 88 valence electrons. The van der Waals surface area contributed by atoms with Gasteiger partial charge < -0.3 is 15.7 Å². The van der Waals surface area contributed by atoms with Crippen LogP contribution in [0.1, 0.15) is 19.8 Å². The average molecular weight is 227 g/mol. The summed E-state index contributed by atoms with van der Waals surface area (Å²) in [7, 11) is 0. The van der Waals surface area contributed by atoms with Gasteiger partial charge in [0.15, 0.2) is 0 Å². The van der Waals surface area contributed by atoms with E-state index >= 15 is 0 Å². The van der Waals surface area contributed by atoms with Crippen molar-refractivity contribution in [2.75, 3.05) is 0 Å². The third kappa shape index (κ3) is 1.48. The number of amides is 4. The standard InChI is InChI=1S/C9H13N3O4/c1-4(10-8(15)16)9(5-2-3-5)6(13)11-7(14)12-9/h4-5,10H,2-3H2,1H3,(H,15,16)(H2,11,12,13,14). The summed E-state index contributed by atoms with van der Waals surface area (Å²) >= 11 is 0. The summed E-state index contributed by atoms with van der Waals surface area (Å²) in [5.41, 5.74) is -1.12. The number of urea groups is 1. The van der Waals surface area contributed by atoms with Crippen LogP contribution in [-0.2, 0) is 4.79 Å². The van der Waals surface area contributed by atoms with Crippen LogP contribution in [0.4, 0.5) is 9.59 Å². The van der Waals surface area contributed by atoms with E-state index in [9.17, 15) is 14.4 Å². The molecule has 1 saturated carbocycles. The van der Waals surface area contributed by atoms with Crippen molar-refractivity contribution in [1.82, 2.24) is 16.0 Å². The Labute approximate surface area is 91.6 Å². The molecule has 0 aromatic rings. The van der Waals surface area contributed by atoms with E-state index in [4.69, 9.17) is 5.11 Å². The van der Waals surface area contributed by atoms with Gasteiger partial charge in [0.2, 0.25) is 0 Å². The Kier molecular flexibility index (Phi) is 2.25. The first-order valence-electron chi connectivity index (χ1n) is 5.10. The topological polar surface area (TPSA) is 108 Å². The van der Waals surface area contributed by atoms with Crippen molar-refractivity contribution in [3.63, 3.8) is 0 Å². The number of carbonyl (C=O) groups excluding carboxylic acids is 2. The second-order valence-corrected chi connectivity index (χ2v) is 4.22. The van der Waals surface area contributed by atoms with Crippen LogP contribution in [0.2, 0.25) is 0 Å². The molecule has 1 heterocycles. The molecule has 16 heavy (non-hydrogen) atoms. The first kappa shape index (κ1) is 10.7. The van der Waals surface area contributed by atoms with Crippen LogP contribution >= 0.6 is 0 Å². The number of imide groups is 1. The molecule has 2 aliphatic rings. The van der Waals surface area contributed by atoms with E-state index in [2.05, 4.69) is 16.0 Å². The van der Waals surface area contributed by atoms with Gasteiger partial charge in [-0.15, -0.1) is 0 Å². The number of nitrogens with one attached hydrogen (secondary N) is 3. The Bertz CT molecular complexity index is 366. The van der Waals surface area contributed by atoms with E-state index in [0.29, 0.717) is 0 Å². The molecule has 1 saturated heterocycles. The Morgan fingerprint density at radius 1 is 1.56 bits per heavy atom. The Balaban J connectivity index is 2.25. The molecule has 2 rings (SSSR count). The highest BCUT2D eigenvalue weighted by molar-refractivity contribution is 6.08. The van der Waals surface area contributed by atoms with Crippen LogP contribution in [-0.4, -0.2) is 34.7 Å². The molecular weight excluding hydrogens is 214 g/mol. The number of rotatable bonds is 3. The van der Waals surface area contributed by atoms with Crippen molar-refractivity contribution in [3.8, 4) is 0 Å². The maximum Gasteiger partial charge on any atom is 0.404 e. The summed E-state index contributed by atoms with van der Waals surface area (Å²) in [6, 6.07) is -1.21. The number of carboxylic acid groups (broad SMARTS) is 1. The lowest BCUT2D eigenvalue weighted by molar-refractivity contribution is -0.125. The molecule has 4 amide bonds. The van der Waals surface area contributed by atoms with Gasteiger partial charge in [-0.3, -0.25) is 10.1 Å². The van der Waals surface area contributed by atoms with Crippen molar-refractivity contribution in [2.45, 2.75) is 31.3 Å². The van der Waals surface area contributed by atoms with Crippen molar-refractivity contribution in [1.29, 1.82) is 0 Å². The molecule has 0 radical (unpaired) electrons. The molecule has 0 spiro atoms. The van der Waals surface area contributed by atoms with E-state index in [0.717, 1.165) is 12.8 Å². The molecule has 2 atom stereocenters. The van der Waals surface area contributed by atoms with Gasteiger partial charge in [0.25, 0.3) is 5.91 Å². The van der Waals surface area contributed by atoms with E-state index in [1.165, 1.54) is 0 Å². The van der Waals surface area contributed by atoms with Gasteiger partial charge >= 0.3 is 12.1 Å². The van der Waals surface area contributed by atoms with Crippen LogP contribution < -0.4 is 16.0 Å². The highest BCUT2D eigenvalue weighted by atomic mass is 16.4. The summed E-state index contributed by atoms with van der Waals surface area (Å²) in [5.74, 6) is -0.429. The second-order valence-electron chi connectivity index (χ2n) is 4.22. The monoisotopic (exact) mass is 227 g/mol. The number of hydrogen-bond donors (Lipinski definition) is 4. The van der Waals surface area contributed by atoms with Crippen molar-refractivity contribution >= 4 is 18.0 Å². The minimum Gasteiger partial charge on any atom is -0.465 e. The average Bonchev–Trinajstić information content (AvgIpc) is 2.92. The maximum absolute atomic E-state index is 11.8. The SMILES string of the molecule is CC(NC(=O)O)C1(C2CC2)NC(=O)NC1=O. The number of carbonyl (C=O) groups is 3. The molecule has 0 aromatic carbocycles. The third-order valence-corrected chi connectivity index (χ3v) is 3.17. The molecule has 0 bridgehead atoms. The zero-order chi connectivity index (χ0) is 11.9. The molecule has 7 nitrogen and oxygen atoms in total. The van der Waals surface area contributed by atoms with E-state index in [1.54, 1.807) is 6.92 Å². The zero-order valence-electron chi connectivity index (χ0n) is 8.74. The summed E-state index contributed by atoms with van der Waals surface area (Å²) in [5, 5.41) is 15.6. The first-order valence-corrected chi connectivity index (χ1v) is 5.10. The predicted molar refractivity (Wildman–Crippen MR) is 52.8 cm³/mol. The Hall–Kier alpha value is -1.79. The lowest BCUT2D eigenvalue weighted by atomic mass is 9.86. The van der Waals surface area contributed by atoms with E-state index in [1.807, 2.05) is 0 Å². The van der Waals surface area contributed by atoms with Crippen molar-refractivity contribution < 1.29 is 19.5 Å². The van der Waals surface area contributed by atoms with Gasteiger partial charge in [-0.05, 0) is 25.7 Å². The van der Waals surface area contributed by atoms with Gasteiger partial charge in [0, 0.05) is 0 Å². The fourth-order valence-corrected chi connectivity index (χ4v) is 2.27. The number of hydrogen-bond acceptors (Lipinski definition) is 3. The molecule has 7 heteroatoms. The van der Waals surface area contributed by atoms with Gasteiger partial charge in [-0.1, -0.05) is 0 Å². The summed E-state index contributed by atoms with van der Waals surface area (Å²) in [4.78, 5) is 33.5. The van der Waals surface area contributed by atoms with Crippen molar-refractivity contribution in [2.24, 2.45) is 5.92 Å². The molecule has 2 unspecified atom stereocenters. The molecule has 2 fully saturated rings. The fraction of sp³-hybridized carbons (Fsp3) is 0.667. The van der Waals surface area contributed by atoms with Crippen LogP contribution in [0.3, 0.4) is 0 Å². The van der Waals surface area contributed by atoms with Crippen LogP contribution in [0.5, 0.6) is 0 Å². The summed E-state index contributed by atoms with van der Waals surface area (Å²) in [6.07, 6.45) is 0.431. The van der Waals surface area contributed by atoms with Gasteiger partial charge in [-0.2, -0.15) is 0 Å².